The zero-order valence-corrected chi connectivity index (χ0v) is 17.0. The Labute approximate surface area is 170 Å². The highest BCUT2D eigenvalue weighted by Gasteiger charge is 2.22. The first kappa shape index (κ1) is 19.0. The lowest BCUT2D eigenvalue weighted by Gasteiger charge is -2.27. The van der Waals surface area contributed by atoms with Crippen LogP contribution in [0.3, 0.4) is 0 Å². The highest BCUT2D eigenvalue weighted by molar-refractivity contribution is 7.99. The fraction of sp³-hybridized carbons (Fsp3) is 0.364. The fourth-order valence-corrected chi connectivity index (χ4v) is 4.41. The van der Waals surface area contributed by atoms with Gasteiger partial charge in [0.25, 0.3) is 0 Å². The second-order valence-electron chi connectivity index (χ2n) is 7.24. The van der Waals surface area contributed by atoms with Gasteiger partial charge in [-0.05, 0) is 43.9 Å². The van der Waals surface area contributed by atoms with Crippen LogP contribution in [0, 0.1) is 6.92 Å². The maximum absolute atomic E-state index is 10.5. The molecule has 1 aliphatic rings. The Balaban J connectivity index is 1.61. The lowest BCUT2D eigenvalue weighted by atomic mass is 10.1. The maximum Gasteiger partial charge on any atom is 0.232 e. The summed E-state index contributed by atoms with van der Waals surface area (Å²) in [6, 6.07) is 18.2. The maximum atomic E-state index is 10.5. The molecule has 4 rings (SSSR count). The minimum atomic E-state index is -0.534. The van der Waals surface area contributed by atoms with E-state index in [0.29, 0.717) is 5.75 Å². The average Bonchev–Trinajstić information content (AvgIpc) is 3.18. The Morgan fingerprint density at radius 2 is 1.68 bits per heavy atom. The van der Waals surface area contributed by atoms with Crippen LogP contribution in [0.15, 0.2) is 59.8 Å². The van der Waals surface area contributed by atoms with Crippen molar-refractivity contribution in [3.63, 3.8) is 0 Å². The van der Waals surface area contributed by atoms with Crippen LogP contribution in [0.25, 0.3) is 5.69 Å². The van der Waals surface area contributed by atoms with Gasteiger partial charge in [0.2, 0.25) is 5.95 Å². The predicted octanol–water partition coefficient (Wildman–Crippen LogP) is 4.39. The highest BCUT2D eigenvalue weighted by atomic mass is 32.2. The molecule has 1 fully saturated rings. The third kappa shape index (κ3) is 4.23. The van der Waals surface area contributed by atoms with E-state index in [1.165, 1.54) is 24.8 Å². The molecular weight excluding hydrogens is 368 g/mol. The minimum absolute atomic E-state index is 0.534. The number of nitrogens with zero attached hydrogens (tertiary/aromatic N) is 4. The largest absolute Gasteiger partial charge is 0.388 e. The zero-order chi connectivity index (χ0) is 19.3. The summed E-state index contributed by atoms with van der Waals surface area (Å²) >= 11 is 1.55. The van der Waals surface area contributed by atoms with Gasteiger partial charge < -0.3 is 10.0 Å². The van der Waals surface area contributed by atoms with Gasteiger partial charge in [0.05, 0.1) is 11.8 Å². The normalized spacial score (nSPS) is 15.6. The Kier molecular flexibility index (Phi) is 5.98. The highest BCUT2D eigenvalue weighted by Crippen LogP contribution is 2.30. The van der Waals surface area contributed by atoms with Gasteiger partial charge in [-0.3, -0.25) is 4.57 Å². The molecule has 0 amide bonds. The summed E-state index contributed by atoms with van der Waals surface area (Å²) in [5.74, 6) is 1.44. The van der Waals surface area contributed by atoms with E-state index in [0.717, 1.165) is 35.4 Å². The molecule has 0 bridgehead atoms. The van der Waals surface area contributed by atoms with Crippen LogP contribution in [0.5, 0.6) is 0 Å². The molecule has 1 aliphatic heterocycles. The first-order valence-electron chi connectivity index (χ1n) is 9.85. The molecule has 0 radical (unpaired) electrons. The van der Waals surface area contributed by atoms with Crippen LogP contribution in [0.1, 0.15) is 36.5 Å². The first-order valence-corrected chi connectivity index (χ1v) is 10.8. The molecule has 5 nitrogen and oxygen atoms in total. The number of aryl methyl sites for hydroxylation is 1. The topological polar surface area (TPSA) is 54.2 Å². The van der Waals surface area contributed by atoms with Crippen LogP contribution < -0.4 is 4.90 Å². The number of piperidine rings is 1. The Bertz CT molecular complexity index is 889. The van der Waals surface area contributed by atoms with E-state index in [9.17, 15) is 5.11 Å². The van der Waals surface area contributed by atoms with Gasteiger partial charge in [-0.15, -0.1) is 10.2 Å². The number of benzene rings is 2. The second kappa shape index (κ2) is 8.80. The molecule has 0 aliphatic carbocycles. The number of anilines is 1. The molecule has 0 unspecified atom stereocenters. The van der Waals surface area contributed by atoms with Crippen molar-refractivity contribution < 1.29 is 5.11 Å². The van der Waals surface area contributed by atoms with E-state index in [1.54, 1.807) is 11.8 Å². The van der Waals surface area contributed by atoms with E-state index in [-0.39, 0.29) is 0 Å². The number of thioether (sulfide) groups is 1. The van der Waals surface area contributed by atoms with Crippen LogP contribution >= 0.6 is 11.8 Å². The third-order valence-electron chi connectivity index (χ3n) is 5.10. The van der Waals surface area contributed by atoms with Gasteiger partial charge >= 0.3 is 0 Å². The lowest BCUT2D eigenvalue weighted by Crippen LogP contribution is -2.31. The lowest BCUT2D eigenvalue weighted by molar-refractivity contribution is 0.204. The number of aromatic nitrogens is 3. The molecule has 28 heavy (non-hydrogen) atoms. The third-order valence-corrected chi connectivity index (χ3v) is 6.11. The van der Waals surface area contributed by atoms with E-state index in [4.69, 9.17) is 0 Å². The zero-order valence-electron chi connectivity index (χ0n) is 16.2. The molecular formula is C22H26N4OS. The molecule has 146 valence electrons. The SMILES string of the molecule is Cc1ccc(-n2c(SC[C@@H](O)c3ccccc3)nnc2N2CCCCC2)cc1. The molecule has 1 aromatic heterocycles. The van der Waals surface area contributed by atoms with E-state index < -0.39 is 6.10 Å². The fourth-order valence-electron chi connectivity index (χ4n) is 3.50. The molecule has 0 spiro atoms. The van der Waals surface area contributed by atoms with Crippen molar-refractivity contribution >= 4 is 17.7 Å². The number of hydrogen-bond donors (Lipinski definition) is 1. The summed E-state index contributed by atoms with van der Waals surface area (Å²) in [5.41, 5.74) is 3.21. The molecule has 1 N–H and O–H groups in total. The standard InChI is InChI=1S/C22H26N4OS/c1-17-10-12-19(13-11-17)26-21(25-14-6-3-7-15-25)23-24-22(26)28-16-20(27)18-8-4-2-5-9-18/h2,4-5,8-13,20,27H,3,6-7,14-16H2,1H3/t20-/m1/s1. The van der Waals surface area contributed by atoms with Crippen molar-refractivity contribution in [2.75, 3.05) is 23.7 Å². The molecule has 2 aromatic carbocycles. The summed E-state index contributed by atoms with van der Waals surface area (Å²) in [6.07, 6.45) is 3.12. The van der Waals surface area contributed by atoms with Gasteiger partial charge in [0.15, 0.2) is 5.16 Å². The minimum Gasteiger partial charge on any atom is -0.388 e. The van der Waals surface area contributed by atoms with Crippen molar-refractivity contribution in [1.82, 2.24) is 14.8 Å². The Hall–Kier alpha value is -2.31. The number of aliphatic hydroxyl groups is 1. The quantitative estimate of drug-likeness (QED) is 0.629. The van der Waals surface area contributed by atoms with Gasteiger partial charge in [-0.1, -0.05) is 59.8 Å². The first-order chi connectivity index (χ1) is 13.7. The van der Waals surface area contributed by atoms with Crippen molar-refractivity contribution in [1.29, 1.82) is 0 Å². The van der Waals surface area contributed by atoms with E-state index in [1.807, 2.05) is 30.3 Å². The van der Waals surface area contributed by atoms with Gasteiger partial charge in [-0.25, -0.2) is 0 Å². The molecule has 1 atom stereocenters. The number of rotatable bonds is 6. The summed E-state index contributed by atoms with van der Waals surface area (Å²) < 4.78 is 2.13. The van der Waals surface area contributed by atoms with Gasteiger partial charge in [-0.2, -0.15) is 0 Å². The Morgan fingerprint density at radius 3 is 2.39 bits per heavy atom. The van der Waals surface area contributed by atoms with Crippen LogP contribution in [-0.2, 0) is 0 Å². The average molecular weight is 395 g/mol. The van der Waals surface area contributed by atoms with E-state index in [2.05, 4.69) is 50.9 Å². The molecule has 1 saturated heterocycles. The van der Waals surface area contributed by atoms with Crippen LogP contribution in [-0.4, -0.2) is 38.7 Å². The second-order valence-corrected chi connectivity index (χ2v) is 8.23. The number of hydrogen-bond acceptors (Lipinski definition) is 5. The monoisotopic (exact) mass is 394 g/mol. The van der Waals surface area contributed by atoms with Crippen molar-refractivity contribution in [2.24, 2.45) is 0 Å². The summed E-state index contributed by atoms with van der Waals surface area (Å²) in [7, 11) is 0. The molecule has 3 aromatic rings. The van der Waals surface area contributed by atoms with Gasteiger partial charge in [0, 0.05) is 18.8 Å². The summed E-state index contributed by atoms with van der Waals surface area (Å²) in [6.45, 7) is 4.12. The van der Waals surface area contributed by atoms with Crippen molar-refractivity contribution in [3.8, 4) is 5.69 Å². The van der Waals surface area contributed by atoms with Crippen LogP contribution in [0.2, 0.25) is 0 Å². The molecule has 6 heteroatoms. The summed E-state index contributed by atoms with van der Waals surface area (Å²) in [4.78, 5) is 2.33. The van der Waals surface area contributed by atoms with Crippen LogP contribution in [0.4, 0.5) is 5.95 Å². The molecule has 2 heterocycles. The molecule has 0 saturated carbocycles. The van der Waals surface area contributed by atoms with Crippen molar-refractivity contribution in [3.05, 3.63) is 65.7 Å². The Morgan fingerprint density at radius 1 is 0.964 bits per heavy atom. The van der Waals surface area contributed by atoms with Gasteiger partial charge in [0.1, 0.15) is 0 Å². The predicted molar refractivity (Wildman–Crippen MR) is 114 cm³/mol. The number of aliphatic hydroxyl groups excluding tert-OH is 1. The van der Waals surface area contributed by atoms with Crippen molar-refractivity contribution in [2.45, 2.75) is 37.4 Å². The smallest absolute Gasteiger partial charge is 0.232 e. The van der Waals surface area contributed by atoms with E-state index >= 15 is 0 Å². The summed E-state index contributed by atoms with van der Waals surface area (Å²) in [5, 5.41) is 20.4.